The van der Waals surface area contributed by atoms with Crippen LogP contribution in [0.1, 0.15) is 25.1 Å². The van der Waals surface area contributed by atoms with Crippen LogP contribution in [0.4, 0.5) is 0 Å². The quantitative estimate of drug-likeness (QED) is 0.855. The molecule has 0 bridgehead atoms. The monoisotopic (exact) mass is 333 g/mol. The molecule has 0 radical (unpaired) electrons. The molecule has 0 aliphatic heterocycles. The topological polar surface area (TPSA) is 50.8 Å². The Hall–Kier alpha value is -1.80. The number of methoxy groups -OCH3 is 1. The van der Waals surface area contributed by atoms with Crippen LogP contribution in [-0.2, 0) is 13.0 Å². The number of benzene rings is 1. The van der Waals surface area contributed by atoms with Gasteiger partial charge < -0.3 is 4.74 Å². The first-order valence-electron chi connectivity index (χ1n) is 6.49. The van der Waals surface area contributed by atoms with Crippen molar-refractivity contribution >= 4 is 15.9 Å². The van der Waals surface area contributed by atoms with E-state index in [4.69, 9.17) is 4.74 Å². The fraction of sp³-hybridized carbons (Fsp3) is 0.333. The fourth-order valence-electron chi connectivity index (χ4n) is 2.24. The highest BCUT2D eigenvalue weighted by atomic mass is 79.9. The Bertz CT molecular complexity index is 670. The molecule has 0 saturated heterocycles. The predicted octanol–water partition coefficient (Wildman–Crippen LogP) is 3.78. The standard InChI is InChI=1S/C15H16BrN3O/c1-4-13-12(9-17)15(19(5-2)18-13)11-7-6-10(16)8-14(11)20-3/h6-8H,4-5H2,1-3H3. The highest BCUT2D eigenvalue weighted by Crippen LogP contribution is 2.35. The van der Waals surface area contributed by atoms with Crippen LogP contribution in [0.5, 0.6) is 5.75 Å². The number of halogens is 1. The third-order valence-electron chi connectivity index (χ3n) is 3.19. The Morgan fingerprint density at radius 3 is 2.70 bits per heavy atom. The maximum atomic E-state index is 9.47. The van der Waals surface area contributed by atoms with E-state index in [2.05, 4.69) is 27.1 Å². The van der Waals surface area contributed by atoms with Gasteiger partial charge in [-0.05, 0) is 31.5 Å². The minimum atomic E-state index is 0.634. The van der Waals surface area contributed by atoms with E-state index in [1.165, 1.54) is 0 Å². The largest absolute Gasteiger partial charge is 0.496 e. The minimum Gasteiger partial charge on any atom is -0.496 e. The highest BCUT2D eigenvalue weighted by Gasteiger charge is 2.20. The molecule has 0 amide bonds. The Morgan fingerprint density at radius 1 is 1.40 bits per heavy atom. The van der Waals surface area contributed by atoms with E-state index in [-0.39, 0.29) is 0 Å². The average molecular weight is 334 g/mol. The number of nitrogens with zero attached hydrogens (tertiary/aromatic N) is 3. The lowest BCUT2D eigenvalue weighted by molar-refractivity contribution is 0.415. The van der Waals surface area contributed by atoms with Crippen LogP contribution in [0.3, 0.4) is 0 Å². The normalized spacial score (nSPS) is 10.3. The lowest BCUT2D eigenvalue weighted by atomic mass is 10.0. The van der Waals surface area contributed by atoms with Gasteiger partial charge in [0.15, 0.2) is 0 Å². The highest BCUT2D eigenvalue weighted by molar-refractivity contribution is 9.10. The van der Waals surface area contributed by atoms with Gasteiger partial charge in [-0.15, -0.1) is 0 Å². The third kappa shape index (κ3) is 2.44. The number of hydrogen-bond acceptors (Lipinski definition) is 3. The zero-order valence-electron chi connectivity index (χ0n) is 11.8. The summed E-state index contributed by atoms with van der Waals surface area (Å²) in [6, 6.07) is 8.07. The first kappa shape index (κ1) is 14.6. The molecule has 0 fully saturated rings. The van der Waals surface area contributed by atoms with Gasteiger partial charge in [0, 0.05) is 16.6 Å². The summed E-state index contributed by atoms with van der Waals surface area (Å²) in [7, 11) is 1.63. The van der Waals surface area contributed by atoms with Gasteiger partial charge in [-0.2, -0.15) is 10.4 Å². The molecule has 0 unspecified atom stereocenters. The first-order valence-corrected chi connectivity index (χ1v) is 7.29. The molecule has 0 atom stereocenters. The molecule has 0 saturated carbocycles. The van der Waals surface area contributed by atoms with E-state index in [9.17, 15) is 5.26 Å². The Labute approximate surface area is 127 Å². The molecular weight excluding hydrogens is 318 g/mol. The summed E-state index contributed by atoms with van der Waals surface area (Å²) in [5, 5.41) is 14.0. The van der Waals surface area contributed by atoms with Crippen LogP contribution in [0.15, 0.2) is 22.7 Å². The van der Waals surface area contributed by atoms with Gasteiger partial charge in [-0.1, -0.05) is 22.9 Å². The minimum absolute atomic E-state index is 0.634. The number of aromatic nitrogens is 2. The molecule has 0 N–H and O–H groups in total. The van der Waals surface area contributed by atoms with Crippen molar-refractivity contribution in [2.75, 3.05) is 7.11 Å². The summed E-state index contributed by atoms with van der Waals surface area (Å²) in [6.45, 7) is 4.73. The molecule has 2 aromatic rings. The SMILES string of the molecule is CCc1nn(CC)c(-c2ccc(Br)cc2OC)c1C#N. The van der Waals surface area contributed by atoms with Gasteiger partial charge >= 0.3 is 0 Å². The number of aryl methyl sites for hydroxylation is 2. The number of rotatable bonds is 4. The molecule has 1 aromatic carbocycles. The Morgan fingerprint density at radius 2 is 2.15 bits per heavy atom. The van der Waals surface area contributed by atoms with Crippen LogP contribution < -0.4 is 4.74 Å². The van der Waals surface area contributed by atoms with Crippen LogP contribution in [0.25, 0.3) is 11.3 Å². The van der Waals surface area contributed by atoms with Gasteiger partial charge in [0.2, 0.25) is 0 Å². The van der Waals surface area contributed by atoms with Crippen molar-refractivity contribution < 1.29 is 4.74 Å². The van der Waals surface area contributed by atoms with Gasteiger partial charge in [0.1, 0.15) is 17.4 Å². The molecule has 0 aliphatic carbocycles. The van der Waals surface area contributed by atoms with Crippen LogP contribution in [0, 0.1) is 11.3 Å². The molecule has 1 aromatic heterocycles. The zero-order valence-corrected chi connectivity index (χ0v) is 13.4. The van der Waals surface area contributed by atoms with Crippen molar-refractivity contribution in [3.05, 3.63) is 33.9 Å². The van der Waals surface area contributed by atoms with Crippen molar-refractivity contribution in [3.8, 4) is 23.1 Å². The van der Waals surface area contributed by atoms with Crippen molar-refractivity contribution in [2.24, 2.45) is 0 Å². The summed E-state index contributed by atoms with van der Waals surface area (Å²) in [6.07, 6.45) is 0.738. The van der Waals surface area contributed by atoms with Gasteiger partial charge in [0.05, 0.1) is 18.5 Å². The molecule has 4 nitrogen and oxygen atoms in total. The first-order chi connectivity index (χ1) is 9.65. The van der Waals surface area contributed by atoms with E-state index in [0.717, 1.165) is 33.6 Å². The number of hydrogen-bond donors (Lipinski definition) is 0. The summed E-state index contributed by atoms with van der Waals surface area (Å²) in [5.74, 6) is 0.730. The van der Waals surface area contributed by atoms with Crippen molar-refractivity contribution in [3.63, 3.8) is 0 Å². The second kappa shape index (κ2) is 6.10. The van der Waals surface area contributed by atoms with E-state index in [1.807, 2.05) is 36.7 Å². The van der Waals surface area contributed by atoms with E-state index in [1.54, 1.807) is 7.11 Å². The third-order valence-corrected chi connectivity index (χ3v) is 3.68. The number of ether oxygens (including phenoxy) is 1. The van der Waals surface area contributed by atoms with E-state index < -0.39 is 0 Å². The zero-order chi connectivity index (χ0) is 14.7. The van der Waals surface area contributed by atoms with Gasteiger partial charge in [0.25, 0.3) is 0 Å². The second-order valence-electron chi connectivity index (χ2n) is 4.30. The molecule has 0 aliphatic rings. The predicted molar refractivity (Wildman–Crippen MR) is 81.7 cm³/mol. The van der Waals surface area contributed by atoms with Crippen molar-refractivity contribution in [1.29, 1.82) is 5.26 Å². The van der Waals surface area contributed by atoms with E-state index in [0.29, 0.717) is 12.1 Å². The smallest absolute Gasteiger partial charge is 0.129 e. The fourth-order valence-corrected chi connectivity index (χ4v) is 2.58. The van der Waals surface area contributed by atoms with Gasteiger partial charge in [-0.3, -0.25) is 4.68 Å². The lowest BCUT2D eigenvalue weighted by Crippen LogP contribution is -2.01. The maximum absolute atomic E-state index is 9.47. The second-order valence-corrected chi connectivity index (χ2v) is 5.21. The maximum Gasteiger partial charge on any atom is 0.129 e. The Balaban J connectivity index is 2.75. The molecule has 1 heterocycles. The molecule has 104 valence electrons. The average Bonchev–Trinajstić information content (AvgIpc) is 2.84. The van der Waals surface area contributed by atoms with Gasteiger partial charge in [-0.25, -0.2) is 0 Å². The molecule has 5 heteroatoms. The number of nitriles is 1. The van der Waals surface area contributed by atoms with Crippen molar-refractivity contribution in [2.45, 2.75) is 26.8 Å². The van der Waals surface area contributed by atoms with Crippen LogP contribution >= 0.6 is 15.9 Å². The Kier molecular flexibility index (Phi) is 4.46. The molecular formula is C15H16BrN3O. The summed E-state index contributed by atoms with van der Waals surface area (Å²) < 4.78 is 8.25. The summed E-state index contributed by atoms with van der Waals surface area (Å²) in [4.78, 5) is 0. The molecule has 20 heavy (non-hydrogen) atoms. The van der Waals surface area contributed by atoms with Crippen LogP contribution in [-0.4, -0.2) is 16.9 Å². The lowest BCUT2D eigenvalue weighted by Gasteiger charge is -2.11. The summed E-state index contributed by atoms with van der Waals surface area (Å²) >= 11 is 3.43. The summed E-state index contributed by atoms with van der Waals surface area (Å²) in [5.41, 5.74) is 3.18. The van der Waals surface area contributed by atoms with Crippen LogP contribution in [0.2, 0.25) is 0 Å². The molecule has 0 spiro atoms. The molecule has 2 rings (SSSR count). The van der Waals surface area contributed by atoms with Crippen molar-refractivity contribution in [1.82, 2.24) is 9.78 Å². The van der Waals surface area contributed by atoms with E-state index >= 15 is 0 Å².